The fourth-order valence-corrected chi connectivity index (χ4v) is 6.14. The van der Waals surface area contributed by atoms with Crippen molar-refractivity contribution < 1.29 is 24.5 Å². The standard InChI is InChI=1S/C21H30O5/c1-12-13(10-17(23)24)6-7-14-18(12)15(22)11-16-20(14,2)8-5-9-21(16,3)19(25)26-4/h10,12,15-16,22H,5-9,11H2,1-4H3,(H,23,24)/t12-,15+,16-,20-,21+/m1/s1. The van der Waals surface area contributed by atoms with Gasteiger partial charge in [-0.05, 0) is 55.9 Å². The second-order valence-corrected chi connectivity index (χ2v) is 8.70. The van der Waals surface area contributed by atoms with Crippen molar-refractivity contribution in [3.8, 4) is 0 Å². The fraction of sp³-hybridized carbons (Fsp3) is 0.714. The second kappa shape index (κ2) is 6.52. The average Bonchev–Trinajstić information content (AvgIpc) is 2.58. The summed E-state index contributed by atoms with van der Waals surface area (Å²) in [5, 5.41) is 20.1. The Labute approximate surface area is 155 Å². The van der Waals surface area contributed by atoms with Crippen LogP contribution in [0.5, 0.6) is 0 Å². The van der Waals surface area contributed by atoms with E-state index in [1.54, 1.807) is 0 Å². The van der Waals surface area contributed by atoms with Crippen molar-refractivity contribution in [2.75, 3.05) is 7.11 Å². The highest BCUT2D eigenvalue weighted by molar-refractivity contribution is 5.81. The van der Waals surface area contributed by atoms with Crippen LogP contribution in [0.1, 0.15) is 59.3 Å². The van der Waals surface area contributed by atoms with Crippen LogP contribution in [0.3, 0.4) is 0 Å². The van der Waals surface area contributed by atoms with Crippen molar-refractivity contribution in [3.63, 3.8) is 0 Å². The molecule has 144 valence electrons. The van der Waals surface area contributed by atoms with Crippen molar-refractivity contribution in [1.82, 2.24) is 0 Å². The van der Waals surface area contributed by atoms with E-state index in [9.17, 15) is 14.7 Å². The zero-order valence-electron chi connectivity index (χ0n) is 16.2. The Balaban J connectivity index is 2.08. The third-order valence-corrected chi connectivity index (χ3v) is 7.43. The molecular weight excluding hydrogens is 332 g/mol. The van der Waals surface area contributed by atoms with Crippen molar-refractivity contribution in [3.05, 3.63) is 22.8 Å². The molecule has 3 aliphatic rings. The Morgan fingerprint density at radius 3 is 2.54 bits per heavy atom. The monoisotopic (exact) mass is 362 g/mol. The largest absolute Gasteiger partial charge is 0.478 e. The maximum atomic E-state index is 12.6. The quantitative estimate of drug-likeness (QED) is 0.446. The number of carboxylic acids is 1. The van der Waals surface area contributed by atoms with Crippen molar-refractivity contribution in [2.24, 2.45) is 22.7 Å². The first-order valence-electron chi connectivity index (χ1n) is 9.58. The van der Waals surface area contributed by atoms with E-state index in [1.165, 1.54) is 18.8 Å². The highest BCUT2D eigenvalue weighted by Crippen LogP contribution is 2.63. The van der Waals surface area contributed by atoms with E-state index in [0.29, 0.717) is 12.8 Å². The molecule has 0 radical (unpaired) electrons. The number of aliphatic hydroxyl groups is 1. The normalized spacial score (nSPS) is 41.4. The minimum absolute atomic E-state index is 0.0437. The van der Waals surface area contributed by atoms with Gasteiger partial charge in [0, 0.05) is 12.0 Å². The molecule has 5 nitrogen and oxygen atoms in total. The van der Waals surface area contributed by atoms with Crippen LogP contribution in [0.4, 0.5) is 0 Å². The molecule has 0 unspecified atom stereocenters. The fourth-order valence-electron chi connectivity index (χ4n) is 6.14. The summed E-state index contributed by atoms with van der Waals surface area (Å²) in [5.74, 6) is -1.13. The summed E-state index contributed by atoms with van der Waals surface area (Å²) in [6, 6.07) is 0. The van der Waals surface area contributed by atoms with Gasteiger partial charge >= 0.3 is 11.9 Å². The number of carbonyl (C=O) groups is 2. The Kier molecular flexibility index (Phi) is 4.80. The van der Waals surface area contributed by atoms with Gasteiger partial charge in [0.15, 0.2) is 0 Å². The molecule has 0 spiro atoms. The number of hydrogen-bond acceptors (Lipinski definition) is 4. The predicted molar refractivity (Wildman–Crippen MR) is 97.3 cm³/mol. The third kappa shape index (κ3) is 2.72. The summed E-state index contributed by atoms with van der Waals surface area (Å²) in [7, 11) is 1.44. The van der Waals surface area contributed by atoms with Crippen LogP contribution in [0.2, 0.25) is 0 Å². The van der Waals surface area contributed by atoms with Gasteiger partial charge in [0.1, 0.15) is 0 Å². The number of allylic oxidation sites excluding steroid dienone is 2. The molecule has 3 aliphatic carbocycles. The Bertz CT molecular complexity index is 691. The maximum absolute atomic E-state index is 12.6. The molecule has 5 heteroatoms. The van der Waals surface area contributed by atoms with Gasteiger partial charge in [-0.3, -0.25) is 4.79 Å². The molecule has 0 aromatic rings. The zero-order chi connectivity index (χ0) is 19.3. The number of aliphatic hydroxyl groups excluding tert-OH is 1. The number of methoxy groups -OCH3 is 1. The molecule has 0 bridgehead atoms. The maximum Gasteiger partial charge on any atom is 0.328 e. The summed E-state index contributed by atoms with van der Waals surface area (Å²) >= 11 is 0. The number of aliphatic carboxylic acids is 1. The van der Waals surface area contributed by atoms with Crippen molar-refractivity contribution in [2.45, 2.75) is 65.4 Å². The van der Waals surface area contributed by atoms with Crippen LogP contribution in [0.25, 0.3) is 0 Å². The van der Waals surface area contributed by atoms with Gasteiger partial charge in [-0.2, -0.15) is 0 Å². The Hall–Kier alpha value is -1.62. The van der Waals surface area contributed by atoms with Gasteiger partial charge in [0.05, 0.1) is 18.6 Å². The minimum Gasteiger partial charge on any atom is -0.478 e. The van der Waals surface area contributed by atoms with E-state index in [1.807, 2.05) is 13.8 Å². The third-order valence-electron chi connectivity index (χ3n) is 7.43. The van der Waals surface area contributed by atoms with Gasteiger partial charge in [0.25, 0.3) is 0 Å². The number of hydrogen-bond donors (Lipinski definition) is 2. The van der Waals surface area contributed by atoms with Crippen molar-refractivity contribution in [1.29, 1.82) is 0 Å². The van der Waals surface area contributed by atoms with Crippen LogP contribution in [0, 0.1) is 22.7 Å². The summed E-state index contributed by atoms with van der Waals surface area (Å²) in [5.41, 5.74) is 2.41. The molecule has 0 aliphatic heterocycles. The molecule has 0 amide bonds. The van der Waals surface area contributed by atoms with Crippen molar-refractivity contribution >= 4 is 11.9 Å². The average molecular weight is 362 g/mol. The molecule has 26 heavy (non-hydrogen) atoms. The number of carbonyl (C=O) groups excluding carboxylic acids is 1. The van der Waals surface area contributed by atoms with Gasteiger partial charge < -0.3 is 14.9 Å². The van der Waals surface area contributed by atoms with Gasteiger partial charge in [-0.15, -0.1) is 0 Å². The summed E-state index contributed by atoms with van der Waals surface area (Å²) in [6.45, 7) is 6.22. The summed E-state index contributed by atoms with van der Waals surface area (Å²) in [4.78, 5) is 23.7. The molecule has 1 saturated carbocycles. The van der Waals surface area contributed by atoms with Gasteiger partial charge in [-0.1, -0.05) is 31.4 Å². The number of carboxylic acid groups (broad SMARTS) is 1. The smallest absolute Gasteiger partial charge is 0.328 e. The van der Waals surface area contributed by atoms with Crippen LogP contribution in [-0.4, -0.2) is 35.4 Å². The topological polar surface area (TPSA) is 83.8 Å². The minimum atomic E-state index is -0.929. The molecule has 0 saturated heterocycles. The van der Waals surface area contributed by atoms with Gasteiger partial charge in [0.2, 0.25) is 0 Å². The number of rotatable bonds is 2. The molecule has 0 aromatic heterocycles. The first-order valence-corrected chi connectivity index (χ1v) is 9.58. The predicted octanol–water partition coefficient (Wildman–Crippen LogP) is 3.47. The van der Waals surface area contributed by atoms with Crippen LogP contribution < -0.4 is 0 Å². The SMILES string of the molecule is COC(=O)[C@@]1(C)CCC[C@]2(C)C3=C([C@H](C)C(=CC(=O)O)CC3)[C@@H](O)C[C@@H]12. The molecule has 0 heterocycles. The molecule has 5 atom stereocenters. The first-order chi connectivity index (χ1) is 12.1. The number of fused-ring (bicyclic) bond motifs is 2. The summed E-state index contributed by atoms with van der Waals surface area (Å²) in [6.07, 6.45) is 5.42. The first kappa shape index (κ1) is 19.2. The molecular formula is C21H30O5. The second-order valence-electron chi connectivity index (χ2n) is 8.70. The highest BCUT2D eigenvalue weighted by atomic mass is 16.5. The highest BCUT2D eigenvalue weighted by Gasteiger charge is 2.58. The van der Waals surface area contributed by atoms with Crippen LogP contribution in [0.15, 0.2) is 22.8 Å². The van der Waals surface area contributed by atoms with E-state index in [4.69, 9.17) is 9.84 Å². The molecule has 3 rings (SSSR count). The summed E-state index contributed by atoms with van der Waals surface area (Å²) < 4.78 is 5.13. The van der Waals surface area contributed by atoms with E-state index in [2.05, 4.69) is 6.92 Å². The lowest BCUT2D eigenvalue weighted by Crippen LogP contribution is -2.54. The van der Waals surface area contributed by atoms with E-state index >= 15 is 0 Å². The number of esters is 1. The Morgan fingerprint density at radius 2 is 1.92 bits per heavy atom. The number of ether oxygens (including phenoxy) is 1. The van der Waals surface area contributed by atoms with E-state index in [-0.39, 0.29) is 23.2 Å². The van der Waals surface area contributed by atoms with Crippen LogP contribution in [-0.2, 0) is 14.3 Å². The molecule has 0 aromatic carbocycles. The Morgan fingerprint density at radius 1 is 1.23 bits per heavy atom. The van der Waals surface area contributed by atoms with Crippen LogP contribution >= 0.6 is 0 Å². The molecule has 2 N–H and O–H groups in total. The van der Waals surface area contributed by atoms with E-state index < -0.39 is 17.5 Å². The lowest BCUT2D eigenvalue weighted by Gasteiger charge is -2.57. The zero-order valence-corrected chi connectivity index (χ0v) is 16.2. The lowest BCUT2D eigenvalue weighted by molar-refractivity contribution is -0.164. The lowest BCUT2D eigenvalue weighted by atomic mass is 9.47. The molecule has 1 fully saturated rings. The van der Waals surface area contributed by atoms with Gasteiger partial charge in [-0.25, -0.2) is 4.79 Å². The van der Waals surface area contributed by atoms with E-state index in [0.717, 1.165) is 36.8 Å².